The second-order valence-electron chi connectivity index (χ2n) is 6.63. The number of primary amides is 1. The van der Waals surface area contributed by atoms with Crippen LogP contribution in [-0.2, 0) is 4.79 Å². The number of ether oxygens (including phenoxy) is 1. The van der Waals surface area contributed by atoms with E-state index in [0.29, 0.717) is 21.9 Å². The Morgan fingerprint density at radius 3 is 2.57 bits per heavy atom. The molecule has 2 aromatic rings. The predicted molar refractivity (Wildman–Crippen MR) is 96.9 cm³/mol. The monoisotopic (exact) mass is 391 g/mol. The SMILES string of the molecule is COc1ccccc1-n1ccc(C)c(C(=O)N2CC(F)(F)C[C@H]2C(N)=O)c1=O. The van der Waals surface area contributed by atoms with Gasteiger partial charge in [0.05, 0.1) is 19.3 Å². The van der Waals surface area contributed by atoms with Gasteiger partial charge in [0.1, 0.15) is 17.4 Å². The van der Waals surface area contributed by atoms with Gasteiger partial charge in [-0.25, -0.2) is 8.78 Å². The molecule has 9 heteroatoms. The Hall–Kier alpha value is -3.23. The first-order valence-electron chi connectivity index (χ1n) is 8.50. The van der Waals surface area contributed by atoms with Gasteiger partial charge in [-0.3, -0.25) is 19.0 Å². The number of carbonyl (C=O) groups excluding carboxylic acids is 2. The van der Waals surface area contributed by atoms with Gasteiger partial charge in [0.25, 0.3) is 17.4 Å². The number of alkyl halides is 2. The Bertz CT molecular complexity index is 1000. The highest BCUT2D eigenvalue weighted by molar-refractivity contribution is 5.98. The number of carbonyl (C=O) groups is 2. The summed E-state index contributed by atoms with van der Waals surface area (Å²) < 4.78 is 34.1. The molecule has 1 atom stereocenters. The topological polar surface area (TPSA) is 94.6 Å². The molecule has 1 aromatic heterocycles. The summed E-state index contributed by atoms with van der Waals surface area (Å²) in [5.74, 6) is -4.84. The maximum absolute atomic E-state index is 13.8. The predicted octanol–water partition coefficient (Wildman–Crippen LogP) is 1.49. The van der Waals surface area contributed by atoms with E-state index in [2.05, 4.69) is 0 Å². The second kappa shape index (κ2) is 7.06. The molecule has 0 bridgehead atoms. The fourth-order valence-electron chi connectivity index (χ4n) is 3.33. The van der Waals surface area contributed by atoms with Crippen molar-refractivity contribution >= 4 is 11.8 Å². The van der Waals surface area contributed by atoms with Gasteiger partial charge in [0.15, 0.2) is 0 Å². The van der Waals surface area contributed by atoms with Crippen LogP contribution in [0.2, 0.25) is 0 Å². The lowest BCUT2D eigenvalue weighted by molar-refractivity contribution is -0.121. The van der Waals surface area contributed by atoms with Crippen LogP contribution < -0.4 is 16.0 Å². The van der Waals surface area contributed by atoms with Crippen molar-refractivity contribution in [1.82, 2.24) is 9.47 Å². The molecule has 0 unspecified atom stereocenters. The Labute approximate surface area is 159 Å². The summed E-state index contributed by atoms with van der Waals surface area (Å²) in [5.41, 5.74) is 4.90. The first kappa shape index (κ1) is 19.5. The third-order valence-electron chi connectivity index (χ3n) is 4.72. The van der Waals surface area contributed by atoms with Gasteiger partial charge in [-0.15, -0.1) is 0 Å². The van der Waals surface area contributed by atoms with Crippen LogP contribution in [0.5, 0.6) is 5.75 Å². The number of hydrogen-bond acceptors (Lipinski definition) is 4. The van der Waals surface area contributed by atoms with E-state index in [1.807, 2.05) is 0 Å². The summed E-state index contributed by atoms with van der Waals surface area (Å²) >= 11 is 0. The van der Waals surface area contributed by atoms with Crippen molar-refractivity contribution < 1.29 is 23.1 Å². The molecule has 0 aliphatic carbocycles. The molecule has 2 amide bonds. The fraction of sp³-hybridized carbons (Fsp3) is 0.316. The van der Waals surface area contributed by atoms with Crippen LogP contribution in [-0.4, -0.2) is 46.9 Å². The van der Waals surface area contributed by atoms with Crippen molar-refractivity contribution in [3.05, 3.63) is 58.0 Å². The summed E-state index contributed by atoms with van der Waals surface area (Å²) in [7, 11) is 1.44. The number of halogens is 2. The minimum absolute atomic E-state index is 0.294. The average molecular weight is 391 g/mol. The van der Waals surface area contributed by atoms with Crippen molar-refractivity contribution in [1.29, 1.82) is 0 Å². The average Bonchev–Trinajstić information content (AvgIpc) is 2.98. The molecule has 1 saturated heterocycles. The first-order chi connectivity index (χ1) is 13.2. The summed E-state index contributed by atoms with van der Waals surface area (Å²) in [6.07, 6.45) is 0.608. The molecule has 7 nitrogen and oxygen atoms in total. The lowest BCUT2D eigenvalue weighted by Gasteiger charge is -2.22. The molecule has 1 aliphatic rings. The number of aryl methyl sites for hydroxylation is 1. The minimum Gasteiger partial charge on any atom is -0.495 e. The summed E-state index contributed by atoms with van der Waals surface area (Å²) in [4.78, 5) is 38.3. The number of rotatable bonds is 4. The number of para-hydroxylation sites is 2. The molecule has 2 N–H and O–H groups in total. The highest BCUT2D eigenvalue weighted by Gasteiger charge is 2.50. The maximum atomic E-state index is 13.8. The zero-order valence-corrected chi connectivity index (χ0v) is 15.3. The Morgan fingerprint density at radius 2 is 1.93 bits per heavy atom. The van der Waals surface area contributed by atoms with Crippen LogP contribution in [0.3, 0.4) is 0 Å². The highest BCUT2D eigenvalue weighted by atomic mass is 19.3. The molecule has 0 spiro atoms. The lowest BCUT2D eigenvalue weighted by Crippen LogP contribution is -2.46. The van der Waals surface area contributed by atoms with E-state index in [0.717, 1.165) is 0 Å². The Kier molecular flexibility index (Phi) is 4.93. The lowest BCUT2D eigenvalue weighted by atomic mass is 10.1. The van der Waals surface area contributed by atoms with Crippen molar-refractivity contribution in [2.45, 2.75) is 25.3 Å². The van der Waals surface area contributed by atoms with Gasteiger partial charge in [-0.2, -0.15) is 0 Å². The van der Waals surface area contributed by atoms with Gasteiger partial charge in [0, 0.05) is 12.6 Å². The number of aromatic nitrogens is 1. The van der Waals surface area contributed by atoms with Crippen LogP contribution >= 0.6 is 0 Å². The van der Waals surface area contributed by atoms with Crippen LogP contribution in [0.1, 0.15) is 22.3 Å². The Morgan fingerprint density at radius 1 is 1.25 bits per heavy atom. The minimum atomic E-state index is -3.25. The summed E-state index contributed by atoms with van der Waals surface area (Å²) in [5, 5.41) is 0. The maximum Gasteiger partial charge on any atom is 0.268 e. The molecule has 148 valence electrons. The van der Waals surface area contributed by atoms with Crippen LogP contribution in [0.4, 0.5) is 8.78 Å². The quantitative estimate of drug-likeness (QED) is 0.854. The van der Waals surface area contributed by atoms with Gasteiger partial charge in [-0.1, -0.05) is 12.1 Å². The number of pyridine rings is 1. The van der Waals surface area contributed by atoms with E-state index >= 15 is 0 Å². The van der Waals surface area contributed by atoms with Crippen molar-refractivity contribution in [2.24, 2.45) is 5.73 Å². The molecular weight excluding hydrogens is 372 g/mol. The number of nitrogens with zero attached hydrogens (tertiary/aromatic N) is 2. The number of amides is 2. The molecular formula is C19H19F2N3O4. The van der Waals surface area contributed by atoms with E-state index in [-0.39, 0.29) is 5.56 Å². The van der Waals surface area contributed by atoms with Gasteiger partial charge < -0.3 is 15.4 Å². The standard InChI is InChI=1S/C19H19F2N3O4/c1-11-7-8-23(12-5-3-4-6-14(12)28-2)17(26)15(11)18(27)24-10-19(20,21)9-13(24)16(22)25/h3-8,13H,9-10H2,1-2H3,(H2,22,25)/t13-/m0/s1. The molecule has 28 heavy (non-hydrogen) atoms. The molecule has 0 saturated carbocycles. The molecule has 1 aromatic carbocycles. The van der Waals surface area contributed by atoms with Crippen molar-refractivity contribution in [3.63, 3.8) is 0 Å². The van der Waals surface area contributed by atoms with Crippen LogP contribution in [0.15, 0.2) is 41.3 Å². The fourth-order valence-corrected chi connectivity index (χ4v) is 3.33. The van der Waals surface area contributed by atoms with Crippen LogP contribution in [0, 0.1) is 6.92 Å². The first-order valence-corrected chi connectivity index (χ1v) is 8.50. The molecule has 1 fully saturated rings. The third kappa shape index (κ3) is 3.35. The summed E-state index contributed by atoms with van der Waals surface area (Å²) in [6, 6.07) is 6.73. The molecule has 0 radical (unpaired) electrons. The number of methoxy groups -OCH3 is 1. The van der Waals surface area contributed by atoms with Crippen molar-refractivity contribution in [3.8, 4) is 11.4 Å². The van der Waals surface area contributed by atoms with E-state index in [4.69, 9.17) is 10.5 Å². The van der Waals surface area contributed by atoms with Crippen LogP contribution in [0.25, 0.3) is 5.69 Å². The molecule has 3 rings (SSSR count). The zero-order valence-electron chi connectivity index (χ0n) is 15.3. The van der Waals surface area contributed by atoms with E-state index in [1.54, 1.807) is 24.3 Å². The highest BCUT2D eigenvalue weighted by Crippen LogP contribution is 2.33. The normalized spacial score (nSPS) is 18.1. The summed E-state index contributed by atoms with van der Waals surface area (Å²) in [6.45, 7) is 0.552. The molecule has 1 aliphatic heterocycles. The number of likely N-dealkylation sites (tertiary alicyclic amines) is 1. The van der Waals surface area contributed by atoms with Crippen molar-refractivity contribution in [2.75, 3.05) is 13.7 Å². The number of hydrogen-bond donors (Lipinski definition) is 1. The smallest absolute Gasteiger partial charge is 0.268 e. The Balaban J connectivity index is 2.11. The van der Waals surface area contributed by atoms with E-state index in [9.17, 15) is 23.2 Å². The third-order valence-corrected chi connectivity index (χ3v) is 4.72. The number of nitrogens with two attached hydrogens (primary N) is 1. The van der Waals surface area contributed by atoms with E-state index < -0.39 is 42.3 Å². The van der Waals surface area contributed by atoms with Gasteiger partial charge in [0.2, 0.25) is 5.91 Å². The molecule has 2 heterocycles. The largest absolute Gasteiger partial charge is 0.495 e. The van der Waals surface area contributed by atoms with Gasteiger partial charge >= 0.3 is 0 Å². The van der Waals surface area contributed by atoms with E-state index in [1.165, 1.54) is 30.9 Å². The zero-order chi connectivity index (χ0) is 20.6. The van der Waals surface area contributed by atoms with Gasteiger partial charge in [-0.05, 0) is 30.7 Å². The second-order valence-corrected chi connectivity index (χ2v) is 6.63. The number of benzene rings is 1.